The normalized spacial score (nSPS) is 19.6. The van der Waals surface area contributed by atoms with E-state index in [4.69, 9.17) is 0 Å². The molecular formula is C15H23F3N4O2. The molecule has 1 aromatic heterocycles. The predicted octanol–water partition coefficient (Wildman–Crippen LogP) is 1.11. The lowest BCUT2D eigenvalue weighted by Gasteiger charge is -2.38. The molecule has 1 amide bonds. The first-order valence-corrected chi connectivity index (χ1v) is 7.85. The second kappa shape index (κ2) is 6.72. The first kappa shape index (κ1) is 18.7. The number of hydrogen-bond donors (Lipinski definition) is 1. The fourth-order valence-electron chi connectivity index (χ4n) is 2.89. The molecule has 1 atom stereocenters. The van der Waals surface area contributed by atoms with Gasteiger partial charge < -0.3 is 14.6 Å². The maximum Gasteiger partial charge on any atom is 0.425 e. The molecule has 6 nitrogen and oxygen atoms in total. The number of rotatable bonds is 4. The molecule has 1 fully saturated rings. The zero-order valence-corrected chi connectivity index (χ0v) is 14.0. The number of hydrogen-bond acceptors (Lipinski definition) is 4. The number of aliphatic hydroxyl groups is 1. The van der Waals surface area contributed by atoms with Crippen molar-refractivity contribution in [1.29, 1.82) is 0 Å². The molecule has 0 aromatic carbocycles. The fourth-order valence-corrected chi connectivity index (χ4v) is 2.89. The van der Waals surface area contributed by atoms with Crippen LogP contribution in [0.15, 0.2) is 12.4 Å². The molecule has 0 saturated carbocycles. The Morgan fingerprint density at radius 3 is 2.29 bits per heavy atom. The van der Waals surface area contributed by atoms with Gasteiger partial charge in [-0.05, 0) is 13.8 Å². The highest BCUT2D eigenvalue weighted by Crippen LogP contribution is 2.41. The van der Waals surface area contributed by atoms with Gasteiger partial charge in [0.15, 0.2) is 5.82 Å². The number of carbonyl (C=O) groups is 1. The van der Waals surface area contributed by atoms with Gasteiger partial charge in [-0.25, -0.2) is 4.98 Å². The highest BCUT2D eigenvalue weighted by molar-refractivity contribution is 5.77. The third-order valence-electron chi connectivity index (χ3n) is 4.46. The second-order valence-electron chi connectivity index (χ2n) is 6.41. The Morgan fingerprint density at radius 2 is 1.88 bits per heavy atom. The largest absolute Gasteiger partial charge is 0.425 e. The van der Waals surface area contributed by atoms with E-state index in [0.717, 1.165) is 10.8 Å². The average Bonchev–Trinajstić information content (AvgIpc) is 2.92. The third kappa shape index (κ3) is 3.56. The summed E-state index contributed by atoms with van der Waals surface area (Å²) >= 11 is 0. The van der Waals surface area contributed by atoms with Crippen LogP contribution in [0.5, 0.6) is 0 Å². The minimum atomic E-state index is -5.00. The molecule has 0 radical (unpaired) electrons. The van der Waals surface area contributed by atoms with Gasteiger partial charge in [0.2, 0.25) is 11.5 Å². The number of amides is 1. The van der Waals surface area contributed by atoms with E-state index in [9.17, 15) is 23.1 Å². The maximum absolute atomic E-state index is 13.5. The molecule has 9 heteroatoms. The van der Waals surface area contributed by atoms with Crippen LogP contribution in [0.4, 0.5) is 13.2 Å². The average molecular weight is 348 g/mol. The Labute approximate surface area is 138 Å². The molecule has 1 saturated heterocycles. The van der Waals surface area contributed by atoms with Crippen LogP contribution >= 0.6 is 0 Å². The third-order valence-corrected chi connectivity index (χ3v) is 4.46. The van der Waals surface area contributed by atoms with Crippen molar-refractivity contribution in [3.05, 3.63) is 18.2 Å². The zero-order valence-electron chi connectivity index (χ0n) is 14.0. The molecule has 1 aliphatic heterocycles. The highest BCUT2D eigenvalue weighted by atomic mass is 19.4. The van der Waals surface area contributed by atoms with Crippen LogP contribution in [0.2, 0.25) is 0 Å². The van der Waals surface area contributed by atoms with Crippen molar-refractivity contribution in [3.63, 3.8) is 0 Å². The van der Waals surface area contributed by atoms with E-state index in [2.05, 4.69) is 9.88 Å². The van der Waals surface area contributed by atoms with E-state index < -0.39 is 29.9 Å². The molecule has 2 rings (SSSR count). The molecule has 1 N–H and O–H groups in total. The van der Waals surface area contributed by atoms with Gasteiger partial charge in [0.25, 0.3) is 0 Å². The molecular weight excluding hydrogens is 325 g/mol. The van der Waals surface area contributed by atoms with E-state index in [0.29, 0.717) is 32.2 Å². The van der Waals surface area contributed by atoms with Gasteiger partial charge in [-0.2, -0.15) is 13.2 Å². The lowest BCUT2D eigenvalue weighted by molar-refractivity contribution is -0.272. The van der Waals surface area contributed by atoms with E-state index >= 15 is 0 Å². The summed E-state index contributed by atoms with van der Waals surface area (Å²) in [5.74, 6) is -1.30. The van der Waals surface area contributed by atoms with Crippen LogP contribution in [0.1, 0.15) is 26.1 Å². The van der Waals surface area contributed by atoms with Gasteiger partial charge in [0.05, 0.1) is 6.42 Å². The smallest absolute Gasteiger partial charge is 0.374 e. The van der Waals surface area contributed by atoms with Crippen molar-refractivity contribution in [2.45, 2.75) is 38.1 Å². The summed E-state index contributed by atoms with van der Waals surface area (Å²) in [6.45, 7) is 5.98. The van der Waals surface area contributed by atoms with Crippen LogP contribution in [-0.4, -0.2) is 68.8 Å². The summed E-state index contributed by atoms with van der Waals surface area (Å²) in [6, 6.07) is 0.321. The van der Waals surface area contributed by atoms with Crippen LogP contribution in [-0.2, 0) is 17.4 Å². The quantitative estimate of drug-likeness (QED) is 0.886. The number of carbonyl (C=O) groups excluding carboxylic acids is 1. The molecule has 0 bridgehead atoms. The number of halogens is 3. The monoisotopic (exact) mass is 348 g/mol. The van der Waals surface area contributed by atoms with Crippen molar-refractivity contribution in [1.82, 2.24) is 19.4 Å². The molecule has 2 heterocycles. The number of aryl methyl sites for hydroxylation is 1. The molecule has 1 aliphatic rings. The van der Waals surface area contributed by atoms with Crippen molar-refractivity contribution in [2.24, 2.45) is 7.05 Å². The lowest BCUT2D eigenvalue weighted by atomic mass is 9.96. The molecule has 0 aliphatic carbocycles. The van der Waals surface area contributed by atoms with E-state index in [-0.39, 0.29) is 0 Å². The Kier molecular flexibility index (Phi) is 5.24. The minimum absolute atomic E-state index is 0.321. The van der Waals surface area contributed by atoms with E-state index in [1.807, 2.05) is 13.8 Å². The van der Waals surface area contributed by atoms with Gasteiger partial charge in [0.1, 0.15) is 0 Å². The van der Waals surface area contributed by atoms with Crippen LogP contribution in [0.25, 0.3) is 0 Å². The van der Waals surface area contributed by atoms with Crippen LogP contribution in [0, 0.1) is 0 Å². The Balaban J connectivity index is 2.14. The Bertz CT molecular complexity index is 580. The minimum Gasteiger partial charge on any atom is -0.374 e. The van der Waals surface area contributed by atoms with Crippen molar-refractivity contribution >= 4 is 5.91 Å². The number of nitrogens with zero attached hydrogens (tertiary/aromatic N) is 4. The summed E-state index contributed by atoms with van der Waals surface area (Å²) in [7, 11) is 1.35. The SMILES string of the molecule is CC(C)N1CCN(C(=O)CC(O)(c2nccn2C)C(F)(F)F)CC1. The first-order valence-electron chi connectivity index (χ1n) is 7.85. The summed E-state index contributed by atoms with van der Waals surface area (Å²) in [6.07, 6.45) is -3.60. The fraction of sp³-hybridized carbons (Fsp3) is 0.733. The predicted molar refractivity (Wildman–Crippen MR) is 81.1 cm³/mol. The molecule has 0 spiro atoms. The number of imidazole rings is 1. The van der Waals surface area contributed by atoms with Gasteiger partial charge in [0, 0.05) is 51.7 Å². The molecule has 1 aromatic rings. The lowest BCUT2D eigenvalue weighted by Crippen LogP contribution is -2.53. The summed E-state index contributed by atoms with van der Waals surface area (Å²) in [4.78, 5) is 19.5. The highest BCUT2D eigenvalue weighted by Gasteiger charge is 2.59. The first-order chi connectivity index (χ1) is 11.1. The summed E-state index contributed by atoms with van der Waals surface area (Å²) in [5, 5.41) is 10.3. The van der Waals surface area contributed by atoms with Gasteiger partial charge >= 0.3 is 6.18 Å². The number of piperazine rings is 1. The molecule has 24 heavy (non-hydrogen) atoms. The summed E-state index contributed by atoms with van der Waals surface area (Å²) in [5.41, 5.74) is -3.29. The van der Waals surface area contributed by atoms with Crippen LogP contribution < -0.4 is 0 Å². The van der Waals surface area contributed by atoms with E-state index in [1.54, 1.807) is 0 Å². The standard InChI is InChI=1S/C15H23F3N4O2/c1-11(2)21-6-8-22(9-7-21)12(23)10-14(24,15(16,17)18)13-19-4-5-20(13)3/h4-5,11,24H,6-10H2,1-3H3. The van der Waals surface area contributed by atoms with Gasteiger partial charge in [-0.15, -0.1) is 0 Å². The Morgan fingerprint density at radius 1 is 1.29 bits per heavy atom. The number of aromatic nitrogens is 2. The number of alkyl halides is 3. The molecule has 1 unspecified atom stereocenters. The van der Waals surface area contributed by atoms with E-state index in [1.165, 1.54) is 18.1 Å². The van der Waals surface area contributed by atoms with Crippen molar-refractivity contribution < 1.29 is 23.1 Å². The zero-order chi connectivity index (χ0) is 18.1. The van der Waals surface area contributed by atoms with Gasteiger partial charge in [-0.1, -0.05) is 0 Å². The Hall–Kier alpha value is -1.61. The second-order valence-corrected chi connectivity index (χ2v) is 6.41. The van der Waals surface area contributed by atoms with Crippen molar-refractivity contribution in [3.8, 4) is 0 Å². The molecule has 136 valence electrons. The topological polar surface area (TPSA) is 61.6 Å². The van der Waals surface area contributed by atoms with Crippen molar-refractivity contribution in [2.75, 3.05) is 26.2 Å². The maximum atomic E-state index is 13.5. The van der Waals surface area contributed by atoms with Gasteiger partial charge in [-0.3, -0.25) is 9.69 Å². The summed E-state index contributed by atoms with van der Waals surface area (Å²) < 4.78 is 41.5. The van der Waals surface area contributed by atoms with Crippen LogP contribution in [0.3, 0.4) is 0 Å².